The molecule has 0 bridgehead atoms. The molecule has 1 unspecified atom stereocenters. The van der Waals surface area contributed by atoms with Crippen LogP contribution >= 0.6 is 0 Å². The molecule has 2 aromatic heterocycles. The van der Waals surface area contributed by atoms with Crippen LogP contribution in [0, 0.1) is 0 Å². The van der Waals surface area contributed by atoms with Crippen molar-refractivity contribution in [2.75, 3.05) is 49.7 Å². The molecule has 1 amide bonds. The zero-order valence-electron chi connectivity index (χ0n) is 19.9. The molecule has 1 fully saturated rings. The molecule has 2 atom stereocenters. The number of rotatable bonds is 7. The van der Waals surface area contributed by atoms with Crippen LogP contribution in [0.2, 0.25) is 0 Å². The van der Waals surface area contributed by atoms with E-state index in [1.807, 2.05) is 0 Å². The third kappa shape index (κ3) is 6.08. The second kappa shape index (κ2) is 10.6. The van der Waals surface area contributed by atoms with Crippen LogP contribution in [0.1, 0.15) is 24.6 Å². The highest BCUT2D eigenvalue weighted by Gasteiger charge is 2.40. The lowest BCUT2D eigenvalue weighted by molar-refractivity contribution is -0.142. The number of hydrogen-bond donors (Lipinski definition) is 2. The maximum atomic E-state index is 13.1. The van der Waals surface area contributed by atoms with E-state index in [1.165, 1.54) is 0 Å². The van der Waals surface area contributed by atoms with Crippen molar-refractivity contribution in [2.45, 2.75) is 37.8 Å². The first-order valence-corrected chi connectivity index (χ1v) is 11.4. The van der Waals surface area contributed by atoms with Crippen LogP contribution < -0.4 is 20.5 Å². The van der Waals surface area contributed by atoms with Crippen LogP contribution in [-0.2, 0) is 21.9 Å². The molecule has 0 aliphatic carbocycles. The van der Waals surface area contributed by atoms with Gasteiger partial charge in [0.1, 0.15) is 12.2 Å². The number of alkyl halides is 6. The van der Waals surface area contributed by atoms with Crippen molar-refractivity contribution in [2.24, 2.45) is 0 Å². The molecule has 2 aliphatic rings. The standard InChI is InChI=1S/C21H23F6N7O4/c1-11(30-13-6-29-32-18(36)16(13)21(25,26)27)9-37-5-2-15(35)33-3-4-34-12(8-33)10-38-19-17(34)28-7-14(31-19)20(22,23)24/h6-7,11-12H,2-5,8-10H2,1H3,(H2,30,32,36)/t11-,12?/m0/s1. The SMILES string of the molecule is C[C@@H](COCCC(=O)N1CCN2c3ncc(C(F)(F)F)nc3OCC2C1)Nc1cn[nH]c(=O)c1C(F)(F)F. The molecule has 17 heteroatoms. The summed E-state index contributed by atoms with van der Waals surface area (Å²) in [6, 6.07) is -0.946. The van der Waals surface area contributed by atoms with Gasteiger partial charge in [-0.05, 0) is 6.92 Å². The highest BCUT2D eigenvalue weighted by Crippen LogP contribution is 2.36. The Hall–Kier alpha value is -3.63. The van der Waals surface area contributed by atoms with Crippen molar-refractivity contribution in [1.82, 2.24) is 25.1 Å². The number of nitrogens with zero attached hydrogens (tertiary/aromatic N) is 5. The van der Waals surface area contributed by atoms with Crippen molar-refractivity contribution in [3.8, 4) is 5.88 Å². The van der Waals surface area contributed by atoms with E-state index in [1.54, 1.807) is 21.8 Å². The summed E-state index contributed by atoms with van der Waals surface area (Å²) in [6.07, 6.45) is -8.01. The number of piperazine rings is 1. The Bertz CT molecular complexity index is 1220. The second-order valence-corrected chi connectivity index (χ2v) is 8.74. The van der Waals surface area contributed by atoms with Crippen LogP contribution in [0.3, 0.4) is 0 Å². The van der Waals surface area contributed by atoms with Gasteiger partial charge in [0.2, 0.25) is 5.91 Å². The molecule has 0 saturated carbocycles. The summed E-state index contributed by atoms with van der Waals surface area (Å²) < 4.78 is 88.9. The molecule has 0 spiro atoms. The number of fused-ring (bicyclic) bond motifs is 3. The highest BCUT2D eigenvalue weighted by molar-refractivity contribution is 5.76. The third-order valence-corrected chi connectivity index (χ3v) is 5.90. The Morgan fingerprint density at radius 2 is 2.00 bits per heavy atom. The van der Waals surface area contributed by atoms with Gasteiger partial charge in [-0.1, -0.05) is 0 Å². The average molecular weight is 551 g/mol. The van der Waals surface area contributed by atoms with Crippen molar-refractivity contribution in [3.05, 3.63) is 34.0 Å². The minimum absolute atomic E-state index is 0.000509. The fourth-order valence-electron chi connectivity index (χ4n) is 4.15. The van der Waals surface area contributed by atoms with Crippen LogP contribution in [0.15, 0.2) is 17.2 Å². The van der Waals surface area contributed by atoms with Gasteiger partial charge >= 0.3 is 12.4 Å². The number of anilines is 2. The van der Waals surface area contributed by atoms with E-state index in [0.29, 0.717) is 19.3 Å². The third-order valence-electron chi connectivity index (χ3n) is 5.90. The number of nitrogens with one attached hydrogen (secondary N) is 2. The predicted octanol–water partition coefficient (Wildman–Crippen LogP) is 1.91. The number of carbonyl (C=O) groups is 1. The summed E-state index contributed by atoms with van der Waals surface area (Å²) >= 11 is 0. The normalized spacial score (nSPS) is 18.3. The van der Waals surface area contributed by atoms with Crippen LogP contribution in [-0.4, -0.2) is 82.5 Å². The molecule has 0 aromatic carbocycles. The lowest BCUT2D eigenvalue weighted by Gasteiger charge is -2.44. The Kier molecular flexibility index (Phi) is 7.66. The van der Waals surface area contributed by atoms with E-state index in [-0.39, 0.29) is 56.4 Å². The van der Waals surface area contributed by atoms with Crippen LogP contribution in [0.25, 0.3) is 0 Å². The zero-order chi connectivity index (χ0) is 27.7. The molecular weight excluding hydrogens is 528 g/mol. The largest absolute Gasteiger partial charge is 0.473 e. The molecule has 1 saturated heterocycles. The minimum atomic E-state index is -4.88. The number of ether oxygens (including phenoxy) is 2. The number of amides is 1. The van der Waals surface area contributed by atoms with Crippen LogP contribution in [0.5, 0.6) is 5.88 Å². The van der Waals surface area contributed by atoms with Gasteiger partial charge in [-0.3, -0.25) is 9.59 Å². The van der Waals surface area contributed by atoms with Gasteiger partial charge in [-0.15, -0.1) is 0 Å². The maximum Gasteiger partial charge on any atom is 0.435 e. The Morgan fingerprint density at radius 1 is 1.24 bits per heavy atom. The lowest BCUT2D eigenvalue weighted by atomic mass is 10.1. The van der Waals surface area contributed by atoms with E-state index in [4.69, 9.17) is 9.47 Å². The van der Waals surface area contributed by atoms with E-state index < -0.39 is 40.9 Å². The molecule has 2 aliphatic heterocycles. The summed E-state index contributed by atoms with van der Waals surface area (Å²) in [5, 5.41) is 7.68. The predicted molar refractivity (Wildman–Crippen MR) is 119 cm³/mol. The lowest BCUT2D eigenvalue weighted by Crippen LogP contribution is -2.58. The number of aromatic nitrogens is 4. The van der Waals surface area contributed by atoms with E-state index in [9.17, 15) is 35.9 Å². The first kappa shape index (κ1) is 27.4. The summed E-state index contributed by atoms with van der Waals surface area (Å²) in [4.78, 5) is 34.9. The van der Waals surface area contributed by atoms with E-state index in [2.05, 4.69) is 20.4 Å². The number of hydrogen-bond acceptors (Lipinski definition) is 9. The minimum Gasteiger partial charge on any atom is -0.473 e. The fraction of sp³-hybridized carbons (Fsp3) is 0.571. The van der Waals surface area contributed by atoms with Gasteiger partial charge in [-0.25, -0.2) is 15.1 Å². The molecule has 38 heavy (non-hydrogen) atoms. The molecule has 2 aromatic rings. The Labute approximate surface area is 211 Å². The van der Waals surface area contributed by atoms with Gasteiger partial charge in [0.25, 0.3) is 11.4 Å². The topological polar surface area (TPSA) is 126 Å². The summed E-state index contributed by atoms with van der Waals surface area (Å²) in [5.74, 6) is -0.242. The summed E-state index contributed by atoms with van der Waals surface area (Å²) in [7, 11) is 0. The van der Waals surface area contributed by atoms with Gasteiger partial charge < -0.3 is 24.6 Å². The molecule has 4 heterocycles. The van der Waals surface area contributed by atoms with Gasteiger partial charge in [-0.2, -0.15) is 31.4 Å². The second-order valence-electron chi connectivity index (χ2n) is 8.74. The fourth-order valence-corrected chi connectivity index (χ4v) is 4.15. The molecule has 2 N–H and O–H groups in total. The van der Waals surface area contributed by atoms with Crippen molar-refractivity contribution < 1.29 is 40.6 Å². The van der Waals surface area contributed by atoms with Gasteiger partial charge in [0, 0.05) is 25.7 Å². The number of halogens is 6. The Balaban J connectivity index is 1.24. The highest BCUT2D eigenvalue weighted by atomic mass is 19.4. The monoisotopic (exact) mass is 551 g/mol. The maximum absolute atomic E-state index is 13.1. The number of H-pyrrole nitrogens is 1. The number of carbonyl (C=O) groups excluding carboxylic acids is 1. The van der Waals surface area contributed by atoms with E-state index in [0.717, 1.165) is 6.20 Å². The quantitative estimate of drug-likeness (QED) is 0.392. The summed E-state index contributed by atoms with van der Waals surface area (Å²) in [6.45, 7) is 2.41. The van der Waals surface area contributed by atoms with Gasteiger partial charge in [0.05, 0.1) is 43.8 Å². The smallest absolute Gasteiger partial charge is 0.435 e. The zero-order valence-corrected chi connectivity index (χ0v) is 19.9. The number of aromatic amines is 1. The van der Waals surface area contributed by atoms with Gasteiger partial charge in [0.15, 0.2) is 11.5 Å². The molecule has 11 nitrogen and oxygen atoms in total. The van der Waals surface area contributed by atoms with Crippen molar-refractivity contribution in [3.63, 3.8) is 0 Å². The van der Waals surface area contributed by atoms with E-state index >= 15 is 0 Å². The average Bonchev–Trinajstić information content (AvgIpc) is 2.84. The van der Waals surface area contributed by atoms with Crippen molar-refractivity contribution >= 4 is 17.4 Å². The molecule has 4 rings (SSSR count). The summed E-state index contributed by atoms with van der Waals surface area (Å²) in [5.41, 5.74) is -4.40. The molecular formula is C21H23F6N7O4. The molecule has 0 radical (unpaired) electrons. The van der Waals surface area contributed by atoms with Crippen LogP contribution in [0.4, 0.5) is 37.8 Å². The molecule has 208 valence electrons. The Morgan fingerprint density at radius 3 is 2.71 bits per heavy atom. The first-order valence-electron chi connectivity index (χ1n) is 11.4. The first-order chi connectivity index (χ1) is 17.8. The van der Waals surface area contributed by atoms with Crippen molar-refractivity contribution in [1.29, 1.82) is 0 Å².